The van der Waals surface area contributed by atoms with Crippen molar-refractivity contribution in [3.8, 4) is 35.2 Å². The first-order valence-corrected chi connectivity index (χ1v) is 12.0. The van der Waals surface area contributed by atoms with E-state index in [2.05, 4.69) is 36.8 Å². The molecule has 0 N–H and O–H groups in total. The number of ether oxygens (including phenoxy) is 3. The summed E-state index contributed by atoms with van der Waals surface area (Å²) in [4.78, 5) is 36.4. The van der Waals surface area contributed by atoms with Crippen molar-refractivity contribution in [2.75, 3.05) is 13.7 Å². The number of rotatable bonds is 8. The molecule has 7 heteroatoms. The van der Waals surface area contributed by atoms with Gasteiger partial charge in [0.1, 0.15) is 11.5 Å². The molecule has 0 spiro atoms. The maximum Gasteiger partial charge on any atom is 0.341 e. The van der Waals surface area contributed by atoms with Crippen LogP contribution in [0.1, 0.15) is 21.5 Å². The van der Waals surface area contributed by atoms with Crippen LogP contribution in [0, 0.1) is 23.7 Å². The molecule has 3 aromatic carbocycles. The zero-order valence-electron chi connectivity index (χ0n) is 20.5. The highest BCUT2D eigenvalue weighted by Crippen LogP contribution is 2.25. The highest BCUT2D eigenvalue weighted by Gasteiger charge is 2.10. The van der Waals surface area contributed by atoms with Gasteiger partial charge in [-0.15, -0.1) is 0 Å². The Morgan fingerprint density at radius 3 is 1.89 bits per heavy atom. The van der Waals surface area contributed by atoms with E-state index in [4.69, 9.17) is 14.2 Å². The minimum absolute atomic E-state index is 0.103. The molecule has 0 aliphatic carbocycles. The zero-order valence-corrected chi connectivity index (χ0v) is 21.3. The molecule has 0 radical (unpaired) electrons. The topological polar surface area (TPSA) is 78.9 Å². The summed E-state index contributed by atoms with van der Waals surface area (Å²) in [5.74, 6) is 11.1. The van der Waals surface area contributed by atoms with Crippen molar-refractivity contribution < 1.29 is 28.6 Å². The standard InChI is InChI=1S/C31H22O6S/c1-4-29(32)36-26-17-19-28(20-18-26)38-31(34)25-13-9-23(10-14-25)7-5-6-8-24-11-15-27(16-12-24)37-30(33)22(2)21-35-3/h4,9-20H,1-2,21H2,3H3. The van der Waals surface area contributed by atoms with Crippen LogP contribution in [0.4, 0.5) is 0 Å². The molecular formula is C31H22O6S. The van der Waals surface area contributed by atoms with Gasteiger partial charge in [-0.2, -0.15) is 0 Å². The summed E-state index contributed by atoms with van der Waals surface area (Å²) < 4.78 is 15.1. The number of methoxy groups -OCH3 is 1. The maximum atomic E-state index is 12.6. The highest BCUT2D eigenvalue weighted by molar-refractivity contribution is 8.14. The summed E-state index contributed by atoms with van der Waals surface area (Å²) in [6.07, 6.45) is 1.08. The third kappa shape index (κ3) is 8.69. The molecule has 0 aliphatic rings. The van der Waals surface area contributed by atoms with Gasteiger partial charge in [0.15, 0.2) is 0 Å². The van der Waals surface area contributed by atoms with Crippen LogP contribution in [0.5, 0.6) is 11.5 Å². The van der Waals surface area contributed by atoms with E-state index in [1.54, 1.807) is 72.8 Å². The van der Waals surface area contributed by atoms with E-state index in [0.717, 1.165) is 22.7 Å². The van der Waals surface area contributed by atoms with Crippen LogP contribution in [-0.2, 0) is 14.3 Å². The van der Waals surface area contributed by atoms with Crippen molar-refractivity contribution >= 4 is 28.8 Å². The van der Waals surface area contributed by atoms with E-state index < -0.39 is 11.9 Å². The van der Waals surface area contributed by atoms with Crippen LogP contribution in [0.2, 0.25) is 0 Å². The number of esters is 2. The number of hydrogen-bond acceptors (Lipinski definition) is 7. The van der Waals surface area contributed by atoms with Gasteiger partial charge in [0.25, 0.3) is 0 Å². The van der Waals surface area contributed by atoms with Crippen LogP contribution < -0.4 is 9.47 Å². The van der Waals surface area contributed by atoms with Gasteiger partial charge in [0.05, 0.1) is 12.2 Å². The molecule has 0 saturated heterocycles. The van der Waals surface area contributed by atoms with Crippen molar-refractivity contribution in [3.05, 3.63) is 114 Å². The van der Waals surface area contributed by atoms with Gasteiger partial charge < -0.3 is 14.2 Å². The fraction of sp³-hybridized carbons (Fsp3) is 0.0645. The summed E-state index contributed by atoms with van der Waals surface area (Å²) in [7, 11) is 1.47. The molecule has 0 bridgehead atoms. The van der Waals surface area contributed by atoms with E-state index in [9.17, 15) is 14.4 Å². The van der Waals surface area contributed by atoms with Gasteiger partial charge >= 0.3 is 11.9 Å². The van der Waals surface area contributed by atoms with E-state index in [1.165, 1.54) is 7.11 Å². The highest BCUT2D eigenvalue weighted by atomic mass is 32.2. The molecule has 0 aromatic heterocycles. The number of hydrogen-bond donors (Lipinski definition) is 0. The smallest absolute Gasteiger partial charge is 0.341 e. The third-order valence-electron chi connectivity index (χ3n) is 4.69. The second kappa shape index (κ2) is 14.1. The molecule has 3 rings (SSSR count). The van der Waals surface area contributed by atoms with Crippen LogP contribution in [0.25, 0.3) is 0 Å². The molecule has 0 amide bonds. The SMILES string of the molecule is C=CC(=O)Oc1ccc(SC(=O)c2ccc(C#CC#Cc3ccc(OC(=O)C(=C)COC)cc3)cc2)cc1. The minimum atomic E-state index is -0.551. The van der Waals surface area contributed by atoms with Crippen molar-refractivity contribution in [1.82, 2.24) is 0 Å². The Labute approximate surface area is 225 Å². The molecule has 6 nitrogen and oxygen atoms in total. The number of carbonyl (C=O) groups is 3. The lowest BCUT2D eigenvalue weighted by molar-refractivity contribution is -0.131. The van der Waals surface area contributed by atoms with Gasteiger partial charge in [0.2, 0.25) is 5.12 Å². The van der Waals surface area contributed by atoms with Gasteiger partial charge in [-0.1, -0.05) is 25.0 Å². The van der Waals surface area contributed by atoms with Gasteiger partial charge in [-0.25, -0.2) is 9.59 Å². The van der Waals surface area contributed by atoms with Crippen LogP contribution in [0.3, 0.4) is 0 Å². The van der Waals surface area contributed by atoms with Gasteiger partial charge in [-0.3, -0.25) is 4.79 Å². The Hall–Kier alpha value is -4.82. The Morgan fingerprint density at radius 2 is 1.34 bits per heavy atom. The van der Waals surface area contributed by atoms with Crippen molar-refractivity contribution in [3.63, 3.8) is 0 Å². The molecule has 0 unspecified atom stereocenters. The molecular weight excluding hydrogens is 500 g/mol. The first-order valence-electron chi connectivity index (χ1n) is 11.2. The summed E-state index contributed by atoms with van der Waals surface area (Å²) in [5, 5.41) is -0.128. The molecule has 3 aromatic rings. The quantitative estimate of drug-likeness (QED) is 0.132. The van der Waals surface area contributed by atoms with E-state index in [0.29, 0.717) is 28.2 Å². The Bertz CT molecular complexity index is 1460. The fourth-order valence-corrected chi connectivity index (χ4v) is 3.55. The lowest BCUT2D eigenvalue weighted by atomic mass is 10.1. The number of thioether (sulfide) groups is 1. The second-order valence-electron chi connectivity index (χ2n) is 7.51. The van der Waals surface area contributed by atoms with Gasteiger partial charge in [0, 0.05) is 34.8 Å². The first-order chi connectivity index (χ1) is 18.4. The van der Waals surface area contributed by atoms with Gasteiger partial charge in [-0.05, 0) is 96.4 Å². The Kier molecular flexibility index (Phi) is 10.3. The second-order valence-corrected chi connectivity index (χ2v) is 8.56. The average Bonchev–Trinajstić information content (AvgIpc) is 2.93. The predicted octanol–water partition coefficient (Wildman–Crippen LogP) is 5.22. The van der Waals surface area contributed by atoms with Crippen molar-refractivity contribution in [2.24, 2.45) is 0 Å². The van der Waals surface area contributed by atoms with Crippen molar-refractivity contribution in [1.29, 1.82) is 0 Å². The average molecular weight is 523 g/mol. The predicted molar refractivity (Wildman–Crippen MR) is 146 cm³/mol. The maximum absolute atomic E-state index is 12.6. The van der Waals surface area contributed by atoms with E-state index >= 15 is 0 Å². The van der Waals surface area contributed by atoms with Crippen molar-refractivity contribution in [2.45, 2.75) is 4.90 Å². The molecule has 0 aliphatic heterocycles. The minimum Gasteiger partial charge on any atom is -0.423 e. The Balaban J connectivity index is 1.53. The number of benzene rings is 3. The third-order valence-corrected chi connectivity index (χ3v) is 5.62. The first kappa shape index (κ1) is 27.8. The lowest BCUT2D eigenvalue weighted by Gasteiger charge is -2.05. The fourth-order valence-electron chi connectivity index (χ4n) is 2.81. The molecule has 0 heterocycles. The Morgan fingerprint density at radius 1 is 0.816 bits per heavy atom. The molecule has 0 atom stereocenters. The molecule has 0 fully saturated rings. The van der Waals surface area contributed by atoms with Crippen LogP contribution in [-0.4, -0.2) is 30.8 Å². The van der Waals surface area contributed by atoms with Crippen LogP contribution in [0.15, 0.2) is 102 Å². The monoisotopic (exact) mass is 522 g/mol. The molecule has 188 valence electrons. The largest absolute Gasteiger partial charge is 0.423 e. The summed E-state index contributed by atoms with van der Waals surface area (Å²) in [6.45, 7) is 7.06. The zero-order chi connectivity index (χ0) is 27.3. The van der Waals surface area contributed by atoms with E-state index in [1.807, 2.05) is 0 Å². The normalized spacial score (nSPS) is 9.61. The van der Waals surface area contributed by atoms with Crippen LogP contribution >= 0.6 is 11.8 Å². The lowest BCUT2D eigenvalue weighted by Crippen LogP contribution is -2.13. The summed E-state index contributed by atoms with van der Waals surface area (Å²) in [5.41, 5.74) is 2.18. The molecule has 38 heavy (non-hydrogen) atoms. The van der Waals surface area contributed by atoms with E-state index in [-0.39, 0.29) is 17.3 Å². The summed E-state index contributed by atoms with van der Waals surface area (Å²) >= 11 is 1.07. The summed E-state index contributed by atoms with van der Waals surface area (Å²) in [6, 6.07) is 20.2. The molecule has 0 saturated carbocycles. The number of carbonyl (C=O) groups excluding carboxylic acids is 3.